The van der Waals surface area contributed by atoms with Gasteiger partial charge in [-0.25, -0.2) is 28.8 Å². The Balaban J connectivity index is 1.11. The predicted octanol–water partition coefficient (Wildman–Crippen LogP) is 5.39. The van der Waals surface area contributed by atoms with Crippen molar-refractivity contribution in [1.29, 1.82) is 0 Å². The number of benzene rings is 2. The van der Waals surface area contributed by atoms with E-state index < -0.39 is 35.8 Å². The van der Waals surface area contributed by atoms with E-state index in [1.807, 2.05) is 0 Å². The summed E-state index contributed by atoms with van der Waals surface area (Å²) in [6, 6.07) is 5.27. The summed E-state index contributed by atoms with van der Waals surface area (Å²) in [6.07, 6.45) is 10.6. The third-order valence-electron chi connectivity index (χ3n) is 7.30. The van der Waals surface area contributed by atoms with Crippen molar-refractivity contribution in [2.75, 3.05) is 0 Å². The fourth-order valence-electron chi connectivity index (χ4n) is 5.28. The topological polar surface area (TPSA) is 161 Å². The van der Waals surface area contributed by atoms with Gasteiger partial charge >= 0.3 is 35.8 Å². The molecular formula is C30H30O10. The summed E-state index contributed by atoms with van der Waals surface area (Å²) in [4.78, 5) is 70.5. The molecule has 0 fully saturated rings. The van der Waals surface area contributed by atoms with E-state index in [0.29, 0.717) is 24.0 Å². The second-order valence-corrected chi connectivity index (χ2v) is 10.1. The number of esters is 4. The lowest BCUT2D eigenvalue weighted by molar-refractivity contribution is 0.0425. The van der Waals surface area contributed by atoms with Gasteiger partial charge in [0.2, 0.25) is 0 Å². The molecular weight excluding hydrogens is 520 g/mol. The highest BCUT2D eigenvalue weighted by molar-refractivity contribution is 6.17. The lowest BCUT2D eigenvalue weighted by Crippen LogP contribution is -2.05. The number of carboxylic acid groups (broad SMARTS) is 2. The minimum atomic E-state index is -1.16. The average Bonchev–Trinajstić information content (AvgIpc) is 3.37. The molecule has 0 radical (unpaired) electrons. The number of fused-ring (bicyclic) bond motifs is 2. The van der Waals surface area contributed by atoms with Crippen molar-refractivity contribution in [3.63, 3.8) is 0 Å². The number of carboxylic acids is 2. The van der Waals surface area contributed by atoms with Gasteiger partial charge in [0, 0.05) is 0 Å². The number of rotatable bonds is 15. The number of aryl methyl sites for hydroxylation is 2. The normalized spacial score (nSPS) is 13.7. The molecule has 0 amide bonds. The molecule has 2 aromatic carbocycles. The molecule has 0 spiro atoms. The lowest BCUT2D eigenvalue weighted by atomic mass is 9.94. The quantitative estimate of drug-likeness (QED) is 0.167. The number of aromatic carboxylic acids is 2. The number of cyclic esters (lactones) is 4. The van der Waals surface area contributed by atoms with Crippen molar-refractivity contribution < 1.29 is 48.5 Å². The summed E-state index contributed by atoms with van der Waals surface area (Å²) < 4.78 is 9.30. The summed E-state index contributed by atoms with van der Waals surface area (Å²) in [7, 11) is 0. The average molecular weight is 551 g/mol. The van der Waals surface area contributed by atoms with Crippen molar-refractivity contribution in [2.45, 2.75) is 77.0 Å². The Morgan fingerprint density at radius 2 is 0.825 bits per heavy atom. The van der Waals surface area contributed by atoms with Crippen molar-refractivity contribution >= 4 is 35.8 Å². The monoisotopic (exact) mass is 550 g/mol. The van der Waals surface area contributed by atoms with Crippen molar-refractivity contribution in [2.24, 2.45) is 0 Å². The highest BCUT2D eigenvalue weighted by atomic mass is 16.6. The van der Waals surface area contributed by atoms with Crippen LogP contribution < -0.4 is 0 Å². The summed E-state index contributed by atoms with van der Waals surface area (Å²) in [5, 5.41) is 18.6. The van der Waals surface area contributed by atoms with Crippen LogP contribution in [0, 0.1) is 0 Å². The molecule has 10 nitrogen and oxygen atoms in total. The molecule has 2 aliphatic rings. The Morgan fingerprint density at radius 1 is 0.500 bits per heavy atom. The Labute approximate surface area is 230 Å². The van der Waals surface area contributed by atoms with Gasteiger partial charge in [0.1, 0.15) is 0 Å². The number of ether oxygens (including phenoxy) is 2. The van der Waals surface area contributed by atoms with Gasteiger partial charge in [0.15, 0.2) is 0 Å². The lowest BCUT2D eigenvalue weighted by Gasteiger charge is -2.08. The van der Waals surface area contributed by atoms with E-state index in [4.69, 9.17) is 0 Å². The van der Waals surface area contributed by atoms with E-state index in [9.17, 15) is 39.0 Å². The van der Waals surface area contributed by atoms with Crippen LogP contribution in [0.15, 0.2) is 24.3 Å². The molecule has 0 saturated heterocycles. The van der Waals surface area contributed by atoms with Crippen LogP contribution in [0.1, 0.15) is 137 Å². The molecule has 0 atom stereocenters. The molecule has 0 bridgehead atoms. The van der Waals surface area contributed by atoms with Gasteiger partial charge in [0.25, 0.3) is 0 Å². The second-order valence-electron chi connectivity index (χ2n) is 10.1. The van der Waals surface area contributed by atoms with Crippen LogP contribution in [0.4, 0.5) is 0 Å². The van der Waals surface area contributed by atoms with Gasteiger partial charge in [-0.3, -0.25) is 0 Å². The zero-order valence-corrected chi connectivity index (χ0v) is 22.0. The SMILES string of the molecule is O=C(O)c1cc(CCCCCCCCCCCCc2cc(C(=O)O)cc3c2C(=O)OC3=O)c2c(c1)C(=O)OC2=O. The van der Waals surface area contributed by atoms with E-state index >= 15 is 0 Å². The second kappa shape index (κ2) is 12.7. The van der Waals surface area contributed by atoms with Crippen LogP contribution in [0.25, 0.3) is 0 Å². The van der Waals surface area contributed by atoms with Gasteiger partial charge in [-0.15, -0.1) is 0 Å². The molecule has 0 aliphatic carbocycles. The van der Waals surface area contributed by atoms with Gasteiger partial charge in [-0.1, -0.05) is 51.4 Å². The van der Waals surface area contributed by atoms with Crippen molar-refractivity contribution in [1.82, 2.24) is 0 Å². The molecule has 10 heteroatoms. The van der Waals surface area contributed by atoms with E-state index in [-0.39, 0.29) is 33.4 Å². The van der Waals surface area contributed by atoms with Crippen LogP contribution in [0.2, 0.25) is 0 Å². The minimum absolute atomic E-state index is 0.0233. The molecule has 2 aliphatic heterocycles. The Kier molecular flexibility index (Phi) is 9.08. The molecule has 0 aromatic heterocycles. The predicted molar refractivity (Wildman–Crippen MR) is 140 cm³/mol. The molecule has 4 rings (SSSR count). The summed E-state index contributed by atoms with van der Waals surface area (Å²) in [5.41, 5.74) is 1.42. The maximum absolute atomic E-state index is 12.0. The number of carbonyl (C=O) groups excluding carboxylic acids is 4. The Bertz CT molecular complexity index is 1280. The van der Waals surface area contributed by atoms with Gasteiger partial charge in [-0.05, 0) is 61.1 Å². The Morgan fingerprint density at radius 3 is 1.15 bits per heavy atom. The van der Waals surface area contributed by atoms with E-state index in [1.165, 1.54) is 24.3 Å². The third kappa shape index (κ3) is 6.44. The fourth-order valence-corrected chi connectivity index (χ4v) is 5.28. The molecule has 2 aromatic rings. The first kappa shape index (κ1) is 28.7. The zero-order valence-electron chi connectivity index (χ0n) is 22.0. The summed E-state index contributed by atoms with van der Waals surface area (Å²) >= 11 is 0. The minimum Gasteiger partial charge on any atom is -0.478 e. The van der Waals surface area contributed by atoms with Crippen LogP contribution in [-0.2, 0) is 22.3 Å². The molecule has 2 heterocycles. The van der Waals surface area contributed by atoms with Crippen LogP contribution in [-0.4, -0.2) is 46.0 Å². The maximum Gasteiger partial charge on any atom is 0.347 e. The zero-order chi connectivity index (χ0) is 28.8. The smallest absolute Gasteiger partial charge is 0.347 e. The molecule has 2 N–H and O–H groups in total. The van der Waals surface area contributed by atoms with E-state index in [0.717, 1.165) is 64.2 Å². The highest BCUT2D eigenvalue weighted by Gasteiger charge is 2.34. The third-order valence-corrected chi connectivity index (χ3v) is 7.30. The van der Waals surface area contributed by atoms with Gasteiger partial charge in [-0.2, -0.15) is 0 Å². The first-order valence-corrected chi connectivity index (χ1v) is 13.5. The van der Waals surface area contributed by atoms with Crippen LogP contribution >= 0.6 is 0 Å². The number of carbonyl (C=O) groups is 6. The van der Waals surface area contributed by atoms with E-state index in [2.05, 4.69) is 9.47 Å². The largest absolute Gasteiger partial charge is 0.478 e. The molecule has 0 saturated carbocycles. The van der Waals surface area contributed by atoms with Crippen molar-refractivity contribution in [3.8, 4) is 0 Å². The van der Waals surface area contributed by atoms with Crippen LogP contribution in [0.3, 0.4) is 0 Å². The number of hydrogen-bond donors (Lipinski definition) is 2. The van der Waals surface area contributed by atoms with E-state index in [1.54, 1.807) is 0 Å². The van der Waals surface area contributed by atoms with Crippen LogP contribution in [0.5, 0.6) is 0 Å². The first-order chi connectivity index (χ1) is 19.2. The van der Waals surface area contributed by atoms with Gasteiger partial charge in [0.05, 0.1) is 33.4 Å². The Hall–Kier alpha value is -4.34. The van der Waals surface area contributed by atoms with Gasteiger partial charge < -0.3 is 19.7 Å². The standard InChI is InChI=1S/C30H30O10/c31-25(32)19-13-17(23-21(15-19)27(35)39-29(23)37)11-9-7-5-3-1-2-4-6-8-10-12-18-14-20(26(33)34)16-22-24(18)30(38)40-28(22)36/h13-16H,1-12H2,(H,31,32)(H,33,34). The fraction of sp³-hybridized carbons (Fsp3) is 0.400. The molecule has 210 valence electrons. The van der Waals surface area contributed by atoms with Crippen molar-refractivity contribution in [3.05, 3.63) is 68.8 Å². The maximum atomic E-state index is 12.0. The first-order valence-electron chi connectivity index (χ1n) is 13.5. The summed E-state index contributed by atoms with van der Waals surface area (Å²) in [5.74, 6) is -5.37. The number of unbranched alkanes of at least 4 members (excludes halogenated alkanes) is 9. The molecule has 40 heavy (non-hydrogen) atoms. The molecule has 0 unspecified atom stereocenters. The highest BCUT2D eigenvalue weighted by Crippen LogP contribution is 2.29. The number of hydrogen-bond acceptors (Lipinski definition) is 8. The summed E-state index contributed by atoms with van der Waals surface area (Å²) in [6.45, 7) is 0.